The van der Waals surface area contributed by atoms with E-state index >= 15 is 0 Å². The summed E-state index contributed by atoms with van der Waals surface area (Å²) in [6.07, 6.45) is 0. The van der Waals surface area contributed by atoms with Gasteiger partial charge in [0.1, 0.15) is 0 Å². The van der Waals surface area contributed by atoms with Gasteiger partial charge in [-0.2, -0.15) is 18.2 Å². The number of alkyl halides is 3. The number of thioether (sulfide) groups is 1. The summed E-state index contributed by atoms with van der Waals surface area (Å²) in [6, 6.07) is 9.37. The Kier molecular flexibility index (Phi) is 6.11. The summed E-state index contributed by atoms with van der Waals surface area (Å²) in [5, 5.41) is 5.95. The molecule has 0 atom stereocenters. The van der Waals surface area contributed by atoms with Crippen molar-refractivity contribution in [2.75, 3.05) is 26.2 Å². The molecule has 0 spiro atoms. The molecule has 1 amide bonds. The highest BCUT2D eigenvalue weighted by atomic mass is 32.2. The van der Waals surface area contributed by atoms with Crippen molar-refractivity contribution in [1.82, 2.24) is 19.9 Å². The fourth-order valence-electron chi connectivity index (χ4n) is 3.11. The smallest absolute Gasteiger partial charge is 0.338 e. The van der Waals surface area contributed by atoms with Gasteiger partial charge in [-0.1, -0.05) is 11.2 Å². The first-order valence-corrected chi connectivity index (χ1v) is 10.8. The molecule has 30 heavy (non-hydrogen) atoms. The summed E-state index contributed by atoms with van der Waals surface area (Å²) >= 11 is 1.35. The number of hydrogen-bond donors (Lipinski definition) is 0. The Labute approximate surface area is 178 Å². The largest absolute Gasteiger partial charge is 0.446 e. The third kappa shape index (κ3) is 5.21. The van der Waals surface area contributed by atoms with E-state index in [1.165, 1.54) is 24.3 Å². The molecule has 0 radical (unpaired) electrons. The van der Waals surface area contributed by atoms with E-state index in [4.69, 9.17) is 4.52 Å². The number of carbonyl (C=O) groups excluding carboxylic acids is 1. The standard InChI is InChI=1S/C19H17F3N4O2S2/c20-19(21,22)30-14-5-3-13(4-6-14)18(27)26-9-7-25(8-10-26)12-16-23-17(24-28-16)15-2-1-11-29-15/h1-6,11H,7-10,12H2. The third-order valence-corrected chi connectivity index (χ3v) is 6.17. The lowest BCUT2D eigenvalue weighted by molar-refractivity contribution is -0.0328. The lowest BCUT2D eigenvalue weighted by atomic mass is 10.2. The topological polar surface area (TPSA) is 62.5 Å². The maximum atomic E-state index is 12.6. The molecule has 158 valence electrons. The lowest BCUT2D eigenvalue weighted by Gasteiger charge is -2.34. The molecule has 0 unspecified atom stereocenters. The minimum absolute atomic E-state index is 0.0605. The van der Waals surface area contributed by atoms with Crippen molar-refractivity contribution in [1.29, 1.82) is 0 Å². The second kappa shape index (κ2) is 8.78. The SMILES string of the molecule is O=C(c1ccc(SC(F)(F)F)cc1)N1CCN(Cc2nc(-c3cccs3)no2)CC1. The Bertz CT molecular complexity index is 982. The first-order chi connectivity index (χ1) is 14.4. The molecule has 1 aromatic carbocycles. The van der Waals surface area contributed by atoms with Crippen LogP contribution in [0.15, 0.2) is 51.2 Å². The van der Waals surface area contributed by atoms with Gasteiger partial charge in [-0.05, 0) is 47.5 Å². The molecule has 4 rings (SSSR count). The zero-order valence-corrected chi connectivity index (χ0v) is 17.3. The van der Waals surface area contributed by atoms with Crippen LogP contribution < -0.4 is 0 Å². The van der Waals surface area contributed by atoms with Gasteiger partial charge in [-0.15, -0.1) is 11.3 Å². The first kappa shape index (κ1) is 20.9. The first-order valence-electron chi connectivity index (χ1n) is 9.11. The molecule has 6 nitrogen and oxygen atoms in total. The number of carbonyl (C=O) groups is 1. The highest BCUT2D eigenvalue weighted by Gasteiger charge is 2.29. The number of thiophene rings is 1. The molecular formula is C19H17F3N4O2S2. The summed E-state index contributed by atoms with van der Waals surface area (Å²) in [7, 11) is 0. The Balaban J connectivity index is 1.29. The molecule has 1 aliphatic heterocycles. The van der Waals surface area contributed by atoms with Crippen LogP contribution in [0.1, 0.15) is 16.2 Å². The molecule has 1 fully saturated rings. The van der Waals surface area contributed by atoms with Crippen LogP contribution in [0.4, 0.5) is 13.2 Å². The van der Waals surface area contributed by atoms with E-state index in [1.807, 2.05) is 17.5 Å². The normalized spacial score (nSPS) is 15.5. The van der Waals surface area contributed by atoms with Crippen molar-refractivity contribution in [2.24, 2.45) is 0 Å². The minimum atomic E-state index is -4.34. The van der Waals surface area contributed by atoms with Crippen molar-refractivity contribution >= 4 is 29.0 Å². The Morgan fingerprint density at radius 2 is 1.87 bits per heavy atom. The van der Waals surface area contributed by atoms with Crippen LogP contribution in [-0.4, -0.2) is 57.5 Å². The molecule has 1 aliphatic rings. The van der Waals surface area contributed by atoms with E-state index in [2.05, 4.69) is 15.0 Å². The maximum Gasteiger partial charge on any atom is 0.446 e. The van der Waals surface area contributed by atoms with Crippen LogP contribution in [0, 0.1) is 0 Å². The molecule has 1 saturated heterocycles. The summed E-state index contributed by atoms with van der Waals surface area (Å²) in [5.74, 6) is 0.910. The zero-order valence-electron chi connectivity index (χ0n) is 15.6. The average Bonchev–Trinajstić information content (AvgIpc) is 3.39. The van der Waals surface area contributed by atoms with Crippen LogP contribution in [0.3, 0.4) is 0 Å². The molecule has 2 aromatic heterocycles. The van der Waals surface area contributed by atoms with Gasteiger partial charge >= 0.3 is 5.51 Å². The third-order valence-electron chi connectivity index (χ3n) is 4.56. The van der Waals surface area contributed by atoms with E-state index in [0.29, 0.717) is 50.0 Å². The molecule has 0 N–H and O–H groups in total. The van der Waals surface area contributed by atoms with Crippen molar-refractivity contribution in [3.8, 4) is 10.7 Å². The van der Waals surface area contributed by atoms with E-state index in [0.717, 1.165) is 4.88 Å². The minimum Gasteiger partial charge on any atom is -0.338 e. The highest BCUT2D eigenvalue weighted by Crippen LogP contribution is 2.36. The van der Waals surface area contributed by atoms with Crippen molar-refractivity contribution < 1.29 is 22.5 Å². The molecule has 0 bridgehead atoms. The number of nitrogens with zero attached hydrogens (tertiary/aromatic N) is 4. The van der Waals surface area contributed by atoms with Crippen molar-refractivity contribution in [3.63, 3.8) is 0 Å². The maximum absolute atomic E-state index is 12.6. The van der Waals surface area contributed by atoms with E-state index in [1.54, 1.807) is 16.2 Å². The number of piperazine rings is 1. The summed E-state index contributed by atoms with van der Waals surface area (Å²) in [6.45, 7) is 2.83. The molecule has 3 aromatic rings. The Morgan fingerprint density at radius 1 is 1.13 bits per heavy atom. The summed E-state index contributed by atoms with van der Waals surface area (Å²) < 4.78 is 42.6. The summed E-state index contributed by atoms with van der Waals surface area (Å²) in [5.41, 5.74) is -3.96. The van der Waals surface area contributed by atoms with Crippen molar-refractivity contribution in [2.45, 2.75) is 16.9 Å². The van der Waals surface area contributed by atoms with Gasteiger partial charge in [0.25, 0.3) is 5.91 Å². The number of rotatable bonds is 5. The van der Waals surface area contributed by atoms with Gasteiger partial charge in [-0.25, -0.2) is 0 Å². The fourth-order valence-corrected chi connectivity index (χ4v) is 4.30. The predicted molar refractivity (Wildman–Crippen MR) is 107 cm³/mol. The highest BCUT2D eigenvalue weighted by molar-refractivity contribution is 8.00. The number of benzene rings is 1. The quantitative estimate of drug-likeness (QED) is 0.534. The van der Waals surface area contributed by atoms with Gasteiger partial charge < -0.3 is 9.42 Å². The zero-order chi connectivity index (χ0) is 21.1. The lowest BCUT2D eigenvalue weighted by Crippen LogP contribution is -2.48. The molecular weight excluding hydrogens is 437 g/mol. The van der Waals surface area contributed by atoms with Gasteiger partial charge in [0, 0.05) is 36.6 Å². The molecule has 3 heterocycles. The molecule has 0 saturated carbocycles. The van der Waals surface area contributed by atoms with Gasteiger partial charge in [-0.3, -0.25) is 9.69 Å². The Morgan fingerprint density at radius 3 is 2.50 bits per heavy atom. The number of halogens is 3. The van der Waals surface area contributed by atoms with E-state index in [-0.39, 0.29) is 22.6 Å². The van der Waals surface area contributed by atoms with E-state index < -0.39 is 5.51 Å². The van der Waals surface area contributed by atoms with Crippen LogP contribution in [0.25, 0.3) is 10.7 Å². The van der Waals surface area contributed by atoms with Gasteiger partial charge in [0.15, 0.2) is 0 Å². The van der Waals surface area contributed by atoms with Crippen LogP contribution >= 0.6 is 23.1 Å². The van der Waals surface area contributed by atoms with Crippen molar-refractivity contribution in [3.05, 3.63) is 53.2 Å². The average molecular weight is 454 g/mol. The second-order valence-corrected chi connectivity index (χ2v) is 8.72. The number of amides is 1. The van der Waals surface area contributed by atoms with E-state index in [9.17, 15) is 18.0 Å². The Hall–Kier alpha value is -2.37. The molecule has 11 heteroatoms. The molecule has 0 aliphatic carbocycles. The van der Waals surface area contributed by atoms with Gasteiger partial charge in [0.2, 0.25) is 11.7 Å². The van der Waals surface area contributed by atoms with Crippen LogP contribution in [0.5, 0.6) is 0 Å². The summed E-state index contributed by atoms with van der Waals surface area (Å²) in [4.78, 5) is 21.9. The second-order valence-electron chi connectivity index (χ2n) is 6.63. The van der Waals surface area contributed by atoms with Crippen LogP contribution in [0.2, 0.25) is 0 Å². The predicted octanol–water partition coefficient (Wildman–Crippen LogP) is 4.37. The fraction of sp³-hybridized carbons (Fsp3) is 0.316. The van der Waals surface area contributed by atoms with Gasteiger partial charge in [0.05, 0.1) is 11.4 Å². The number of hydrogen-bond acceptors (Lipinski definition) is 7. The number of aromatic nitrogens is 2. The van der Waals surface area contributed by atoms with Crippen LogP contribution in [-0.2, 0) is 6.54 Å². The monoisotopic (exact) mass is 454 g/mol.